The maximum atomic E-state index is 11.6. The number of carbonyl (C=O) groups excluding carboxylic acids is 1. The Morgan fingerprint density at radius 1 is 1.38 bits per heavy atom. The van der Waals surface area contributed by atoms with Crippen molar-refractivity contribution in [3.8, 4) is 5.75 Å². The summed E-state index contributed by atoms with van der Waals surface area (Å²) < 4.78 is 5.24. The summed E-state index contributed by atoms with van der Waals surface area (Å²) in [6.07, 6.45) is 0.950. The minimum absolute atomic E-state index is 0.0709. The Labute approximate surface area is 141 Å². The summed E-state index contributed by atoms with van der Waals surface area (Å²) in [6, 6.07) is 9.92. The van der Waals surface area contributed by atoms with Crippen molar-refractivity contribution in [2.45, 2.75) is 32.9 Å². The van der Waals surface area contributed by atoms with Crippen molar-refractivity contribution in [2.75, 3.05) is 19.0 Å². The van der Waals surface area contributed by atoms with Crippen molar-refractivity contribution in [1.29, 1.82) is 0 Å². The van der Waals surface area contributed by atoms with Crippen molar-refractivity contribution in [3.63, 3.8) is 0 Å². The molecule has 0 unspecified atom stereocenters. The van der Waals surface area contributed by atoms with Crippen LogP contribution in [0.15, 0.2) is 30.3 Å². The van der Waals surface area contributed by atoms with Gasteiger partial charge in [0.05, 0.1) is 18.8 Å². The number of rotatable bonds is 5. The fourth-order valence-corrected chi connectivity index (χ4v) is 2.90. The number of methoxy groups -OCH3 is 1. The lowest BCUT2D eigenvalue weighted by atomic mass is 9.99. The van der Waals surface area contributed by atoms with Crippen LogP contribution in [0.1, 0.15) is 36.5 Å². The second kappa shape index (κ2) is 6.86. The lowest BCUT2D eigenvalue weighted by Crippen LogP contribution is -2.44. The number of carbonyl (C=O) groups is 1. The van der Waals surface area contributed by atoms with E-state index in [1.54, 1.807) is 14.0 Å². The monoisotopic (exact) mass is 326 g/mol. The molecule has 0 spiro atoms. The van der Waals surface area contributed by atoms with E-state index in [1.165, 1.54) is 0 Å². The lowest BCUT2D eigenvalue weighted by Gasteiger charge is -2.40. The average Bonchev–Trinajstić information content (AvgIpc) is 2.51. The average molecular weight is 326 g/mol. The fourth-order valence-electron chi connectivity index (χ4n) is 2.90. The van der Waals surface area contributed by atoms with Crippen LogP contribution in [0, 0.1) is 6.92 Å². The Morgan fingerprint density at radius 3 is 2.88 bits per heavy atom. The Morgan fingerprint density at radius 2 is 2.21 bits per heavy atom. The molecule has 0 radical (unpaired) electrons. The van der Waals surface area contributed by atoms with Gasteiger partial charge in [-0.2, -0.15) is 0 Å². The van der Waals surface area contributed by atoms with Crippen LogP contribution in [0.3, 0.4) is 0 Å². The standard InChI is InChI=1S/C18H22N4O2/c1-12-20-16(17-7-8-22(17)13(2)23)10-18(21-12)19-11-14-5-4-6-15(9-14)24-3/h4-6,9-10,17H,7-8,11H2,1-3H3,(H,19,20,21)/t17-/m1/s1. The van der Waals surface area contributed by atoms with E-state index in [9.17, 15) is 4.79 Å². The smallest absolute Gasteiger partial charge is 0.220 e. The van der Waals surface area contributed by atoms with Crippen molar-refractivity contribution in [2.24, 2.45) is 0 Å². The second-order valence-corrected chi connectivity index (χ2v) is 5.95. The molecular formula is C18H22N4O2. The number of amides is 1. The number of benzene rings is 1. The van der Waals surface area contributed by atoms with Crippen LogP contribution in [-0.4, -0.2) is 34.4 Å². The lowest BCUT2D eigenvalue weighted by molar-refractivity contribution is -0.136. The highest BCUT2D eigenvalue weighted by Gasteiger charge is 2.32. The first-order chi connectivity index (χ1) is 11.6. The molecule has 2 aromatic rings. The summed E-state index contributed by atoms with van der Waals surface area (Å²) in [7, 11) is 1.66. The van der Waals surface area contributed by atoms with E-state index >= 15 is 0 Å². The van der Waals surface area contributed by atoms with Gasteiger partial charge in [-0.1, -0.05) is 12.1 Å². The van der Waals surface area contributed by atoms with E-state index in [0.717, 1.165) is 35.8 Å². The SMILES string of the molecule is COc1cccc(CNc2cc([C@H]3CCN3C(C)=O)nc(C)n2)c1. The molecule has 1 atom stereocenters. The van der Waals surface area contributed by atoms with Crippen LogP contribution >= 0.6 is 0 Å². The van der Waals surface area contributed by atoms with Crippen LogP contribution in [-0.2, 0) is 11.3 Å². The molecule has 126 valence electrons. The summed E-state index contributed by atoms with van der Waals surface area (Å²) >= 11 is 0. The number of anilines is 1. The number of hydrogen-bond donors (Lipinski definition) is 1. The van der Waals surface area contributed by atoms with Gasteiger partial charge < -0.3 is 15.0 Å². The minimum Gasteiger partial charge on any atom is -0.497 e. The molecule has 0 aliphatic carbocycles. The minimum atomic E-state index is 0.0709. The molecule has 1 aliphatic rings. The van der Waals surface area contributed by atoms with Gasteiger partial charge >= 0.3 is 0 Å². The molecule has 0 saturated carbocycles. The van der Waals surface area contributed by atoms with Gasteiger partial charge in [0.15, 0.2) is 0 Å². The van der Waals surface area contributed by atoms with Gasteiger partial charge in [0, 0.05) is 26.1 Å². The topological polar surface area (TPSA) is 67.3 Å². The molecule has 2 heterocycles. The third-order valence-corrected chi connectivity index (χ3v) is 4.23. The van der Waals surface area contributed by atoms with Gasteiger partial charge in [-0.3, -0.25) is 4.79 Å². The van der Waals surface area contributed by atoms with E-state index in [2.05, 4.69) is 15.3 Å². The van der Waals surface area contributed by atoms with E-state index in [1.807, 2.05) is 42.2 Å². The van der Waals surface area contributed by atoms with Gasteiger partial charge in [0.1, 0.15) is 17.4 Å². The largest absolute Gasteiger partial charge is 0.497 e. The van der Waals surface area contributed by atoms with E-state index in [4.69, 9.17) is 4.74 Å². The molecule has 1 aromatic carbocycles. The van der Waals surface area contributed by atoms with E-state index in [-0.39, 0.29) is 11.9 Å². The summed E-state index contributed by atoms with van der Waals surface area (Å²) in [5.41, 5.74) is 2.01. The predicted molar refractivity (Wildman–Crippen MR) is 91.8 cm³/mol. The normalized spacial score (nSPS) is 16.5. The molecule has 0 bridgehead atoms. The van der Waals surface area contributed by atoms with Crippen LogP contribution in [0.25, 0.3) is 0 Å². The molecule has 24 heavy (non-hydrogen) atoms. The molecule has 6 heteroatoms. The Hall–Kier alpha value is -2.63. The van der Waals surface area contributed by atoms with Gasteiger partial charge in [0.25, 0.3) is 0 Å². The Balaban J connectivity index is 1.73. The summed E-state index contributed by atoms with van der Waals surface area (Å²) in [6.45, 7) is 4.92. The Kier molecular flexibility index (Phi) is 4.64. The maximum absolute atomic E-state index is 11.6. The molecule has 3 rings (SSSR count). The van der Waals surface area contributed by atoms with Gasteiger partial charge in [-0.25, -0.2) is 9.97 Å². The predicted octanol–water partition coefficient (Wildman–Crippen LogP) is 2.70. The second-order valence-electron chi connectivity index (χ2n) is 5.95. The molecule has 1 fully saturated rings. The van der Waals surface area contributed by atoms with Crippen LogP contribution < -0.4 is 10.1 Å². The van der Waals surface area contributed by atoms with E-state index < -0.39 is 0 Å². The number of likely N-dealkylation sites (tertiary alicyclic amines) is 1. The molecular weight excluding hydrogens is 304 g/mol. The highest BCUT2D eigenvalue weighted by molar-refractivity contribution is 5.74. The maximum Gasteiger partial charge on any atom is 0.220 e. The van der Waals surface area contributed by atoms with Crippen LogP contribution in [0.5, 0.6) is 5.75 Å². The first-order valence-corrected chi connectivity index (χ1v) is 8.06. The number of aromatic nitrogens is 2. The molecule has 1 saturated heterocycles. The molecule has 1 amide bonds. The number of hydrogen-bond acceptors (Lipinski definition) is 5. The number of nitrogens with one attached hydrogen (secondary N) is 1. The van der Waals surface area contributed by atoms with Crippen LogP contribution in [0.4, 0.5) is 5.82 Å². The third-order valence-electron chi connectivity index (χ3n) is 4.23. The summed E-state index contributed by atoms with van der Waals surface area (Å²) in [4.78, 5) is 22.4. The number of nitrogens with zero attached hydrogens (tertiary/aromatic N) is 3. The summed E-state index contributed by atoms with van der Waals surface area (Å²) in [5.74, 6) is 2.40. The molecule has 1 N–H and O–H groups in total. The zero-order chi connectivity index (χ0) is 17.1. The fraction of sp³-hybridized carbons (Fsp3) is 0.389. The van der Waals surface area contributed by atoms with Crippen molar-refractivity contribution < 1.29 is 9.53 Å². The van der Waals surface area contributed by atoms with Crippen molar-refractivity contribution in [3.05, 3.63) is 47.4 Å². The first-order valence-electron chi connectivity index (χ1n) is 8.06. The third kappa shape index (κ3) is 3.48. The Bertz CT molecular complexity index is 748. The summed E-state index contributed by atoms with van der Waals surface area (Å²) in [5, 5.41) is 3.33. The quantitative estimate of drug-likeness (QED) is 0.915. The van der Waals surface area contributed by atoms with Crippen LogP contribution in [0.2, 0.25) is 0 Å². The van der Waals surface area contributed by atoms with E-state index in [0.29, 0.717) is 12.4 Å². The highest BCUT2D eigenvalue weighted by Crippen LogP contribution is 2.32. The zero-order valence-electron chi connectivity index (χ0n) is 14.2. The first kappa shape index (κ1) is 16.2. The zero-order valence-corrected chi connectivity index (χ0v) is 14.2. The number of ether oxygens (including phenoxy) is 1. The van der Waals surface area contributed by atoms with Gasteiger partial charge in [-0.15, -0.1) is 0 Å². The highest BCUT2D eigenvalue weighted by atomic mass is 16.5. The molecule has 1 aromatic heterocycles. The number of aryl methyl sites for hydroxylation is 1. The van der Waals surface area contributed by atoms with Gasteiger partial charge in [0.2, 0.25) is 5.91 Å². The molecule has 1 aliphatic heterocycles. The van der Waals surface area contributed by atoms with Gasteiger partial charge in [-0.05, 0) is 31.0 Å². The van der Waals surface area contributed by atoms with Crippen molar-refractivity contribution >= 4 is 11.7 Å². The molecule has 6 nitrogen and oxygen atoms in total. The van der Waals surface area contributed by atoms with Crippen molar-refractivity contribution in [1.82, 2.24) is 14.9 Å².